The minimum Gasteiger partial charge on any atom is -0.464 e. The minimum absolute atomic E-state index is 0.00217. The molecule has 0 saturated heterocycles. The minimum atomic E-state index is -0.661. The molecule has 2 rings (SSSR count). The number of halogens is 1. The first-order chi connectivity index (χ1) is 10.0. The van der Waals surface area contributed by atoms with Crippen LogP contribution in [0.15, 0.2) is 46.3 Å². The largest absolute Gasteiger partial charge is 0.464 e. The van der Waals surface area contributed by atoms with Gasteiger partial charge in [-0.15, -0.1) is 0 Å². The average molecular weight is 325 g/mol. The molecule has 0 atom stereocenters. The van der Waals surface area contributed by atoms with E-state index >= 15 is 0 Å². The number of methoxy groups -OCH3 is 1. The SMILES string of the molecule is COC(=O)c1ccc([N+](=O)[O-])c(Sc2ccccc2Cl)n1. The number of hydrogen-bond acceptors (Lipinski definition) is 6. The zero-order chi connectivity index (χ0) is 15.4. The predicted octanol–water partition coefficient (Wildman–Crippen LogP) is 3.58. The van der Waals surface area contributed by atoms with Crippen LogP contribution < -0.4 is 0 Å². The van der Waals surface area contributed by atoms with E-state index in [1.807, 2.05) is 0 Å². The average Bonchev–Trinajstić information content (AvgIpc) is 2.48. The van der Waals surface area contributed by atoms with Gasteiger partial charge in [0.1, 0.15) is 5.69 Å². The Labute approximate surface area is 129 Å². The molecule has 0 amide bonds. The third-order valence-corrected chi connectivity index (χ3v) is 3.99. The van der Waals surface area contributed by atoms with E-state index in [0.717, 1.165) is 11.8 Å². The van der Waals surface area contributed by atoms with Gasteiger partial charge >= 0.3 is 11.7 Å². The molecule has 0 aliphatic heterocycles. The summed E-state index contributed by atoms with van der Waals surface area (Å²) in [6.07, 6.45) is 0. The van der Waals surface area contributed by atoms with E-state index in [9.17, 15) is 14.9 Å². The van der Waals surface area contributed by atoms with Crippen molar-refractivity contribution in [3.05, 3.63) is 57.2 Å². The molecule has 0 spiro atoms. The summed E-state index contributed by atoms with van der Waals surface area (Å²) in [4.78, 5) is 26.6. The highest BCUT2D eigenvalue weighted by Crippen LogP contribution is 2.36. The van der Waals surface area contributed by atoms with Crippen LogP contribution in [-0.2, 0) is 4.74 Å². The van der Waals surface area contributed by atoms with Gasteiger partial charge in [-0.3, -0.25) is 10.1 Å². The number of nitrogens with zero attached hydrogens (tertiary/aromatic N) is 2. The fraction of sp³-hybridized carbons (Fsp3) is 0.0769. The summed E-state index contributed by atoms with van der Waals surface area (Å²) < 4.78 is 4.56. The molecule has 0 bridgehead atoms. The molecule has 21 heavy (non-hydrogen) atoms. The van der Waals surface area contributed by atoms with Gasteiger partial charge in [0.05, 0.1) is 17.1 Å². The maximum Gasteiger partial charge on any atom is 0.356 e. The molecule has 0 saturated carbocycles. The molecule has 0 fully saturated rings. The van der Waals surface area contributed by atoms with Crippen molar-refractivity contribution in [3.63, 3.8) is 0 Å². The van der Waals surface area contributed by atoms with E-state index in [-0.39, 0.29) is 16.4 Å². The van der Waals surface area contributed by atoms with E-state index in [0.29, 0.717) is 9.92 Å². The molecule has 6 nitrogen and oxygen atoms in total. The highest BCUT2D eigenvalue weighted by Gasteiger charge is 2.20. The van der Waals surface area contributed by atoms with E-state index in [2.05, 4.69) is 9.72 Å². The molecule has 1 heterocycles. The number of esters is 1. The number of benzene rings is 1. The quantitative estimate of drug-likeness (QED) is 0.485. The van der Waals surface area contributed by atoms with Gasteiger partial charge in [-0.1, -0.05) is 35.5 Å². The van der Waals surface area contributed by atoms with Gasteiger partial charge in [0.15, 0.2) is 5.03 Å². The van der Waals surface area contributed by atoms with Gasteiger partial charge in [0.2, 0.25) is 0 Å². The summed E-state index contributed by atoms with van der Waals surface area (Å²) in [5, 5.41) is 11.6. The Balaban J connectivity index is 2.46. The summed E-state index contributed by atoms with van der Waals surface area (Å²) in [7, 11) is 1.21. The van der Waals surface area contributed by atoms with Crippen LogP contribution in [0, 0.1) is 10.1 Å². The lowest BCUT2D eigenvalue weighted by Crippen LogP contribution is -2.06. The Morgan fingerprint density at radius 3 is 2.67 bits per heavy atom. The molecular formula is C13H9ClN2O4S. The van der Waals surface area contributed by atoms with Gasteiger partial charge in [-0.25, -0.2) is 9.78 Å². The maximum atomic E-state index is 11.5. The van der Waals surface area contributed by atoms with Gasteiger partial charge in [0, 0.05) is 11.0 Å². The highest BCUT2D eigenvalue weighted by atomic mass is 35.5. The summed E-state index contributed by atoms with van der Waals surface area (Å²) in [5.41, 5.74) is -0.203. The molecule has 1 aromatic carbocycles. The lowest BCUT2D eigenvalue weighted by molar-refractivity contribution is -0.388. The molecule has 2 aromatic rings. The van der Waals surface area contributed by atoms with Crippen molar-refractivity contribution in [2.45, 2.75) is 9.92 Å². The van der Waals surface area contributed by atoms with Crippen LogP contribution in [0.2, 0.25) is 5.02 Å². The van der Waals surface area contributed by atoms with Crippen LogP contribution in [0.25, 0.3) is 0 Å². The Morgan fingerprint density at radius 1 is 1.33 bits per heavy atom. The fourth-order valence-corrected chi connectivity index (χ4v) is 2.66. The number of carbonyl (C=O) groups is 1. The van der Waals surface area contributed by atoms with Crippen molar-refractivity contribution in [2.75, 3.05) is 7.11 Å². The highest BCUT2D eigenvalue weighted by molar-refractivity contribution is 7.99. The van der Waals surface area contributed by atoms with Crippen LogP contribution >= 0.6 is 23.4 Å². The maximum absolute atomic E-state index is 11.5. The van der Waals surface area contributed by atoms with Crippen LogP contribution in [0.4, 0.5) is 5.69 Å². The first-order valence-electron chi connectivity index (χ1n) is 5.69. The van der Waals surface area contributed by atoms with Gasteiger partial charge in [0.25, 0.3) is 0 Å². The van der Waals surface area contributed by atoms with Crippen LogP contribution in [0.3, 0.4) is 0 Å². The van der Waals surface area contributed by atoms with Gasteiger partial charge in [-0.2, -0.15) is 0 Å². The Kier molecular flexibility index (Phi) is 4.77. The normalized spacial score (nSPS) is 10.2. The number of carbonyl (C=O) groups excluding carboxylic acids is 1. The molecule has 0 unspecified atom stereocenters. The molecule has 8 heteroatoms. The van der Waals surface area contributed by atoms with Crippen molar-refractivity contribution >= 4 is 35.0 Å². The zero-order valence-corrected chi connectivity index (χ0v) is 12.4. The van der Waals surface area contributed by atoms with E-state index < -0.39 is 10.9 Å². The van der Waals surface area contributed by atoms with E-state index in [1.165, 1.54) is 19.2 Å². The monoisotopic (exact) mass is 324 g/mol. The van der Waals surface area contributed by atoms with Crippen LogP contribution in [0.1, 0.15) is 10.5 Å². The van der Waals surface area contributed by atoms with E-state index in [4.69, 9.17) is 11.6 Å². The lowest BCUT2D eigenvalue weighted by Gasteiger charge is -2.05. The van der Waals surface area contributed by atoms with Crippen molar-refractivity contribution in [1.29, 1.82) is 0 Å². The molecule has 1 aromatic heterocycles. The summed E-state index contributed by atoms with van der Waals surface area (Å²) in [6, 6.07) is 9.35. The van der Waals surface area contributed by atoms with Gasteiger partial charge in [-0.05, 0) is 18.2 Å². The van der Waals surface area contributed by atoms with Crippen LogP contribution in [0.5, 0.6) is 0 Å². The second-order valence-electron chi connectivity index (χ2n) is 3.80. The first kappa shape index (κ1) is 15.3. The first-order valence-corrected chi connectivity index (χ1v) is 6.88. The second kappa shape index (κ2) is 6.55. The number of hydrogen-bond donors (Lipinski definition) is 0. The third kappa shape index (κ3) is 3.50. The van der Waals surface area contributed by atoms with Crippen LogP contribution in [-0.4, -0.2) is 23.0 Å². The standard InChI is InChI=1S/C13H9ClN2O4S/c1-20-13(17)9-6-7-10(16(18)19)12(15-9)21-11-5-3-2-4-8(11)14/h2-7H,1H3. The van der Waals surface area contributed by atoms with Crippen molar-refractivity contribution in [2.24, 2.45) is 0 Å². The third-order valence-electron chi connectivity index (χ3n) is 2.47. The second-order valence-corrected chi connectivity index (χ2v) is 5.24. The predicted molar refractivity (Wildman–Crippen MR) is 77.8 cm³/mol. The molecule has 0 radical (unpaired) electrons. The molecule has 108 valence electrons. The van der Waals surface area contributed by atoms with Gasteiger partial charge < -0.3 is 4.74 Å². The topological polar surface area (TPSA) is 82.3 Å². The smallest absolute Gasteiger partial charge is 0.356 e. The number of pyridine rings is 1. The number of ether oxygens (including phenoxy) is 1. The number of nitro groups is 1. The van der Waals surface area contributed by atoms with Crippen molar-refractivity contribution in [3.8, 4) is 0 Å². The van der Waals surface area contributed by atoms with Crippen molar-refractivity contribution < 1.29 is 14.5 Å². The number of aromatic nitrogens is 1. The molecular weight excluding hydrogens is 316 g/mol. The molecule has 0 aliphatic rings. The molecule has 0 aliphatic carbocycles. The Hall–Kier alpha value is -2.12. The Bertz CT molecular complexity index is 708. The fourth-order valence-electron chi connectivity index (χ4n) is 1.50. The number of rotatable bonds is 4. The molecule has 0 N–H and O–H groups in total. The summed E-state index contributed by atoms with van der Waals surface area (Å²) >= 11 is 7.04. The van der Waals surface area contributed by atoms with Crippen molar-refractivity contribution in [1.82, 2.24) is 4.98 Å². The lowest BCUT2D eigenvalue weighted by atomic mass is 10.3. The Morgan fingerprint density at radius 2 is 2.05 bits per heavy atom. The zero-order valence-electron chi connectivity index (χ0n) is 10.8. The summed E-state index contributed by atoms with van der Waals surface area (Å²) in [5.74, 6) is -0.661. The van der Waals surface area contributed by atoms with E-state index in [1.54, 1.807) is 24.3 Å². The summed E-state index contributed by atoms with van der Waals surface area (Å²) in [6.45, 7) is 0.